The minimum atomic E-state index is -0.597. The summed E-state index contributed by atoms with van der Waals surface area (Å²) < 4.78 is 29.9. The highest BCUT2D eigenvalue weighted by Crippen LogP contribution is 2.28. The van der Waals surface area contributed by atoms with Crippen LogP contribution in [0, 0.1) is 18.6 Å². The number of nitrogens with one attached hydrogen (secondary N) is 1. The van der Waals surface area contributed by atoms with Crippen LogP contribution < -0.4 is 10.2 Å². The van der Waals surface area contributed by atoms with Crippen molar-refractivity contribution in [2.24, 2.45) is 7.05 Å². The van der Waals surface area contributed by atoms with Gasteiger partial charge >= 0.3 is 0 Å². The first-order chi connectivity index (χ1) is 14.8. The van der Waals surface area contributed by atoms with E-state index in [2.05, 4.69) is 10.4 Å². The van der Waals surface area contributed by atoms with E-state index in [1.54, 1.807) is 19.2 Å². The summed E-state index contributed by atoms with van der Waals surface area (Å²) in [7, 11) is 3.05. The third-order valence-corrected chi connectivity index (χ3v) is 5.56. The van der Waals surface area contributed by atoms with Crippen molar-refractivity contribution >= 4 is 17.6 Å². The van der Waals surface area contributed by atoms with E-state index in [1.165, 1.54) is 35.0 Å². The summed E-state index contributed by atoms with van der Waals surface area (Å²) >= 11 is 0. The molecular weight excluding hydrogens is 402 g/mol. The smallest absolute Gasteiger partial charge is 0.259 e. The molecule has 0 fully saturated rings. The minimum absolute atomic E-state index is 0.0170. The maximum atomic E-state index is 14.3. The van der Waals surface area contributed by atoms with Crippen molar-refractivity contribution in [3.05, 3.63) is 81.5 Å². The summed E-state index contributed by atoms with van der Waals surface area (Å²) in [5.41, 5.74) is 3.92. The van der Waals surface area contributed by atoms with Gasteiger partial charge in [0.1, 0.15) is 5.82 Å². The Balaban J connectivity index is 1.65. The van der Waals surface area contributed by atoms with Gasteiger partial charge < -0.3 is 5.32 Å². The topological polar surface area (TPSA) is 67.2 Å². The van der Waals surface area contributed by atoms with E-state index in [0.29, 0.717) is 30.5 Å². The molecule has 0 unspecified atom stereocenters. The molecule has 0 aliphatic carbocycles. The molecule has 0 spiro atoms. The first-order valence-corrected chi connectivity index (χ1v) is 9.92. The van der Waals surface area contributed by atoms with Crippen molar-refractivity contribution < 1.29 is 18.4 Å². The number of anilines is 1. The number of carbonyl (C=O) groups excluding carboxylic acids is 2. The van der Waals surface area contributed by atoms with Gasteiger partial charge in [-0.2, -0.15) is 5.10 Å². The maximum Gasteiger partial charge on any atom is 0.259 e. The highest BCUT2D eigenvalue weighted by molar-refractivity contribution is 6.08. The lowest BCUT2D eigenvalue weighted by molar-refractivity contribution is 0.0956. The number of amides is 2. The van der Waals surface area contributed by atoms with Crippen molar-refractivity contribution in [1.82, 2.24) is 15.1 Å². The number of aromatic nitrogens is 2. The Morgan fingerprint density at radius 1 is 1.19 bits per heavy atom. The molecule has 0 bridgehead atoms. The van der Waals surface area contributed by atoms with Crippen LogP contribution in [0.15, 0.2) is 36.5 Å². The van der Waals surface area contributed by atoms with E-state index in [9.17, 15) is 18.4 Å². The summed E-state index contributed by atoms with van der Waals surface area (Å²) in [6.45, 7) is 2.30. The lowest BCUT2D eigenvalue weighted by Gasteiger charge is -2.28. The van der Waals surface area contributed by atoms with Gasteiger partial charge in [-0.05, 0) is 60.2 Å². The maximum absolute atomic E-state index is 14.3. The zero-order valence-electron chi connectivity index (χ0n) is 17.5. The van der Waals surface area contributed by atoms with Crippen molar-refractivity contribution in [2.75, 3.05) is 18.5 Å². The van der Waals surface area contributed by atoms with Gasteiger partial charge in [0.25, 0.3) is 11.8 Å². The van der Waals surface area contributed by atoms with E-state index in [0.717, 1.165) is 16.7 Å². The largest absolute Gasteiger partial charge is 0.355 e. The lowest BCUT2D eigenvalue weighted by Crippen LogP contribution is -2.38. The second-order valence-electron chi connectivity index (χ2n) is 7.69. The SMILES string of the molecule is CNC(=O)c1ccc(Cc2cc3c(cc2C)CCN(c2nn(C)cc2F)C3=O)cc1F. The van der Waals surface area contributed by atoms with Crippen LogP contribution in [0.5, 0.6) is 0 Å². The monoisotopic (exact) mass is 424 g/mol. The zero-order valence-corrected chi connectivity index (χ0v) is 17.5. The fraction of sp³-hybridized carbons (Fsp3) is 0.261. The Kier molecular flexibility index (Phi) is 5.31. The van der Waals surface area contributed by atoms with E-state index < -0.39 is 17.5 Å². The van der Waals surface area contributed by atoms with Crippen LogP contribution in [0.25, 0.3) is 0 Å². The fourth-order valence-corrected chi connectivity index (χ4v) is 3.93. The van der Waals surface area contributed by atoms with Crippen molar-refractivity contribution in [2.45, 2.75) is 19.8 Å². The summed E-state index contributed by atoms with van der Waals surface area (Å²) in [6.07, 6.45) is 2.22. The van der Waals surface area contributed by atoms with E-state index >= 15 is 0 Å². The van der Waals surface area contributed by atoms with Crippen molar-refractivity contribution in [3.8, 4) is 0 Å². The van der Waals surface area contributed by atoms with Crippen LogP contribution in [0.3, 0.4) is 0 Å². The molecule has 1 aliphatic rings. The van der Waals surface area contributed by atoms with Crippen LogP contribution in [-0.2, 0) is 19.9 Å². The van der Waals surface area contributed by atoms with E-state index in [4.69, 9.17) is 0 Å². The first kappa shape index (κ1) is 20.7. The molecule has 4 rings (SSSR count). The van der Waals surface area contributed by atoms with Crippen molar-refractivity contribution in [1.29, 1.82) is 0 Å². The number of rotatable bonds is 4. The molecule has 2 heterocycles. The predicted octanol–water partition coefficient (Wildman–Crippen LogP) is 3.16. The van der Waals surface area contributed by atoms with Crippen molar-refractivity contribution in [3.63, 3.8) is 0 Å². The first-order valence-electron chi connectivity index (χ1n) is 9.92. The van der Waals surface area contributed by atoms with Crippen LogP contribution in [-0.4, -0.2) is 35.2 Å². The highest BCUT2D eigenvalue weighted by Gasteiger charge is 2.30. The Bertz CT molecular complexity index is 1200. The van der Waals surface area contributed by atoms with Gasteiger partial charge in [0, 0.05) is 26.2 Å². The number of carbonyl (C=O) groups is 2. The molecule has 0 saturated heterocycles. The third kappa shape index (κ3) is 3.81. The summed E-state index contributed by atoms with van der Waals surface area (Å²) in [4.78, 5) is 26.2. The number of hydrogen-bond donors (Lipinski definition) is 1. The number of aryl methyl sites for hydroxylation is 2. The van der Waals surface area contributed by atoms with Crippen LogP contribution in [0.4, 0.5) is 14.6 Å². The standard InChI is InChI=1S/C23H22F2N4O2/c1-13-8-15-6-7-29(21-20(25)12-28(3)27-21)23(31)18(15)11-16(13)9-14-4-5-17(19(24)10-14)22(30)26-2/h4-5,8,10-12H,6-7,9H2,1-3H3,(H,26,30). The molecule has 3 aromatic rings. The minimum Gasteiger partial charge on any atom is -0.355 e. The molecule has 8 heteroatoms. The van der Waals surface area contributed by atoms with Gasteiger partial charge in [-0.1, -0.05) is 12.1 Å². The van der Waals surface area contributed by atoms with Gasteiger partial charge in [0.05, 0.1) is 11.8 Å². The number of halogens is 2. The Morgan fingerprint density at radius 3 is 2.61 bits per heavy atom. The lowest BCUT2D eigenvalue weighted by atomic mass is 9.90. The molecule has 160 valence electrons. The quantitative estimate of drug-likeness (QED) is 0.700. The predicted molar refractivity (Wildman–Crippen MR) is 112 cm³/mol. The van der Waals surface area contributed by atoms with Gasteiger partial charge in [0.2, 0.25) is 0 Å². The zero-order chi connectivity index (χ0) is 22.3. The molecule has 0 saturated carbocycles. The average Bonchev–Trinajstić information content (AvgIpc) is 3.06. The normalized spacial score (nSPS) is 13.3. The number of fused-ring (bicyclic) bond motifs is 1. The second-order valence-corrected chi connectivity index (χ2v) is 7.69. The Hall–Kier alpha value is -3.55. The molecule has 6 nitrogen and oxygen atoms in total. The molecule has 31 heavy (non-hydrogen) atoms. The summed E-state index contributed by atoms with van der Waals surface area (Å²) in [5.74, 6) is -1.91. The van der Waals surface area contributed by atoms with E-state index in [1.807, 2.05) is 13.0 Å². The fourth-order valence-electron chi connectivity index (χ4n) is 3.93. The molecule has 0 radical (unpaired) electrons. The number of hydrogen-bond acceptors (Lipinski definition) is 3. The second kappa shape index (κ2) is 7.94. The average molecular weight is 424 g/mol. The molecule has 1 aliphatic heterocycles. The summed E-state index contributed by atoms with van der Waals surface area (Å²) in [5, 5.41) is 6.48. The Labute approximate surface area is 178 Å². The molecule has 0 atom stereocenters. The van der Waals surface area contributed by atoms with E-state index in [-0.39, 0.29) is 17.3 Å². The number of benzene rings is 2. The van der Waals surface area contributed by atoms with Gasteiger partial charge in [-0.3, -0.25) is 19.2 Å². The highest BCUT2D eigenvalue weighted by atomic mass is 19.1. The Morgan fingerprint density at radius 2 is 1.97 bits per heavy atom. The van der Waals surface area contributed by atoms with Crippen LogP contribution in [0.2, 0.25) is 0 Å². The third-order valence-electron chi connectivity index (χ3n) is 5.56. The molecule has 1 N–H and O–H groups in total. The van der Waals surface area contributed by atoms with Crippen LogP contribution in [0.1, 0.15) is 43.0 Å². The molecule has 2 aromatic carbocycles. The molecule has 2 amide bonds. The van der Waals surface area contributed by atoms with Gasteiger partial charge in [-0.25, -0.2) is 8.78 Å². The summed E-state index contributed by atoms with van der Waals surface area (Å²) in [6, 6.07) is 8.24. The van der Waals surface area contributed by atoms with Gasteiger partial charge in [-0.15, -0.1) is 0 Å². The molecular formula is C23H22F2N4O2. The van der Waals surface area contributed by atoms with Crippen LogP contribution >= 0.6 is 0 Å². The molecule has 1 aromatic heterocycles. The number of nitrogens with zero attached hydrogens (tertiary/aromatic N) is 3. The van der Waals surface area contributed by atoms with Gasteiger partial charge in [0.15, 0.2) is 11.6 Å².